The van der Waals surface area contributed by atoms with Crippen LogP contribution in [0.5, 0.6) is 0 Å². The number of carbonyl (C=O) groups is 2. The number of likely N-dealkylation sites (N-methyl/N-ethyl adjacent to an activating group) is 1. The van der Waals surface area contributed by atoms with E-state index >= 15 is 0 Å². The first-order valence-electron chi connectivity index (χ1n) is 10.8. The predicted octanol–water partition coefficient (Wildman–Crippen LogP) is 3.45. The second-order valence-electron chi connectivity index (χ2n) is 8.62. The SMILES string of the molecule is C[C@H]1CCc2c(sc(NC(=O)CN3CCN(C)CC3)c2C(=O)Nc2ccccc2F)C1. The highest BCUT2D eigenvalue weighted by Gasteiger charge is 2.29. The van der Waals surface area contributed by atoms with E-state index in [0.29, 0.717) is 23.0 Å². The van der Waals surface area contributed by atoms with Crippen LogP contribution in [0.25, 0.3) is 0 Å². The zero-order chi connectivity index (χ0) is 22.0. The quantitative estimate of drug-likeness (QED) is 0.742. The molecule has 0 unspecified atom stereocenters. The molecule has 2 amide bonds. The number of carbonyl (C=O) groups excluding carboxylic acids is 2. The zero-order valence-electron chi connectivity index (χ0n) is 18.0. The molecule has 2 aromatic rings. The van der Waals surface area contributed by atoms with Crippen LogP contribution in [-0.4, -0.2) is 61.4 Å². The van der Waals surface area contributed by atoms with Gasteiger partial charge in [0, 0.05) is 31.1 Å². The topological polar surface area (TPSA) is 64.7 Å². The lowest BCUT2D eigenvalue weighted by molar-refractivity contribution is -0.117. The van der Waals surface area contributed by atoms with Gasteiger partial charge in [-0.2, -0.15) is 0 Å². The largest absolute Gasteiger partial charge is 0.319 e. The Balaban J connectivity index is 1.54. The van der Waals surface area contributed by atoms with E-state index in [-0.39, 0.29) is 17.5 Å². The number of rotatable bonds is 5. The summed E-state index contributed by atoms with van der Waals surface area (Å²) in [6, 6.07) is 6.13. The molecule has 1 saturated heterocycles. The molecule has 1 atom stereocenters. The number of hydrogen-bond acceptors (Lipinski definition) is 5. The normalized spacial score (nSPS) is 19.6. The summed E-state index contributed by atoms with van der Waals surface area (Å²) in [6.45, 7) is 6.09. The van der Waals surface area contributed by atoms with Gasteiger partial charge in [0.15, 0.2) is 0 Å². The van der Waals surface area contributed by atoms with E-state index in [4.69, 9.17) is 0 Å². The van der Waals surface area contributed by atoms with Gasteiger partial charge in [0.25, 0.3) is 5.91 Å². The van der Waals surface area contributed by atoms with Crippen LogP contribution in [0, 0.1) is 11.7 Å². The van der Waals surface area contributed by atoms with Gasteiger partial charge in [0.1, 0.15) is 10.8 Å². The molecule has 6 nitrogen and oxygen atoms in total. The van der Waals surface area contributed by atoms with Gasteiger partial charge in [-0.1, -0.05) is 19.1 Å². The third-order valence-corrected chi connectivity index (χ3v) is 7.25. The van der Waals surface area contributed by atoms with Crippen molar-refractivity contribution in [1.82, 2.24) is 9.80 Å². The summed E-state index contributed by atoms with van der Waals surface area (Å²) < 4.78 is 14.1. The molecule has 8 heteroatoms. The molecule has 0 bridgehead atoms. The highest BCUT2D eigenvalue weighted by atomic mass is 32.1. The van der Waals surface area contributed by atoms with E-state index in [2.05, 4.69) is 34.4 Å². The van der Waals surface area contributed by atoms with Crippen LogP contribution in [0.1, 0.15) is 34.1 Å². The summed E-state index contributed by atoms with van der Waals surface area (Å²) in [5.41, 5.74) is 1.63. The van der Waals surface area contributed by atoms with Crippen LogP contribution < -0.4 is 10.6 Å². The van der Waals surface area contributed by atoms with Gasteiger partial charge in [0.2, 0.25) is 5.91 Å². The Kier molecular flexibility index (Phi) is 6.69. The van der Waals surface area contributed by atoms with E-state index < -0.39 is 5.82 Å². The molecule has 1 aliphatic heterocycles. The summed E-state index contributed by atoms with van der Waals surface area (Å²) in [5.74, 6) is -0.417. The maximum atomic E-state index is 14.1. The molecular weight excluding hydrogens is 415 g/mol. The Hall–Kier alpha value is -2.29. The number of para-hydroxylation sites is 1. The fourth-order valence-electron chi connectivity index (χ4n) is 4.20. The number of benzene rings is 1. The number of piperazine rings is 1. The molecule has 1 fully saturated rings. The lowest BCUT2D eigenvalue weighted by Gasteiger charge is -2.31. The molecule has 1 aromatic heterocycles. The number of anilines is 2. The summed E-state index contributed by atoms with van der Waals surface area (Å²) in [7, 11) is 2.08. The van der Waals surface area contributed by atoms with Crippen molar-refractivity contribution < 1.29 is 14.0 Å². The molecule has 0 spiro atoms. The number of hydrogen-bond donors (Lipinski definition) is 2. The van der Waals surface area contributed by atoms with Gasteiger partial charge in [-0.15, -0.1) is 11.3 Å². The Morgan fingerprint density at radius 1 is 1.16 bits per heavy atom. The van der Waals surface area contributed by atoms with Crippen molar-refractivity contribution >= 4 is 33.8 Å². The van der Waals surface area contributed by atoms with Crippen molar-refractivity contribution in [2.75, 3.05) is 50.4 Å². The van der Waals surface area contributed by atoms with Crippen LogP contribution in [0.15, 0.2) is 24.3 Å². The zero-order valence-corrected chi connectivity index (χ0v) is 18.9. The number of thiophene rings is 1. The van der Waals surface area contributed by atoms with E-state index in [9.17, 15) is 14.0 Å². The maximum absolute atomic E-state index is 14.1. The van der Waals surface area contributed by atoms with Gasteiger partial charge in [-0.25, -0.2) is 4.39 Å². The molecule has 0 saturated carbocycles. The van der Waals surface area contributed by atoms with Crippen molar-refractivity contribution in [2.24, 2.45) is 5.92 Å². The van der Waals surface area contributed by atoms with Crippen LogP contribution in [0.3, 0.4) is 0 Å². The number of nitrogens with zero attached hydrogens (tertiary/aromatic N) is 2. The van der Waals surface area contributed by atoms with Crippen LogP contribution >= 0.6 is 11.3 Å². The standard InChI is InChI=1S/C23H29FN4O2S/c1-15-7-8-16-19(13-15)31-23(26-20(29)14-28-11-9-27(2)10-12-28)21(16)22(30)25-18-6-4-3-5-17(18)24/h3-6,15H,7-14H2,1-2H3,(H,25,30)(H,26,29)/t15-/m0/s1. The average molecular weight is 445 g/mol. The van der Waals surface area contributed by atoms with Crippen molar-refractivity contribution in [3.63, 3.8) is 0 Å². The predicted molar refractivity (Wildman–Crippen MR) is 122 cm³/mol. The summed E-state index contributed by atoms with van der Waals surface area (Å²) >= 11 is 1.49. The average Bonchev–Trinajstić information content (AvgIpc) is 3.08. The number of amides is 2. The van der Waals surface area contributed by atoms with E-state index in [0.717, 1.165) is 55.9 Å². The summed E-state index contributed by atoms with van der Waals surface area (Å²) in [4.78, 5) is 31.5. The van der Waals surface area contributed by atoms with Crippen LogP contribution in [-0.2, 0) is 17.6 Å². The highest BCUT2D eigenvalue weighted by molar-refractivity contribution is 7.17. The number of fused-ring (bicyclic) bond motifs is 1. The second-order valence-corrected chi connectivity index (χ2v) is 9.72. The van der Waals surface area contributed by atoms with Crippen LogP contribution in [0.2, 0.25) is 0 Å². The van der Waals surface area contributed by atoms with Crippen molar-refractivity contribution in [1.29, 1.82) is 0 Å². The lowest BCUT2D eigenvalue weighted by atomic mass is 9.88. The second kappa shape index (κ2) is 9.46. The molecule has 1 aromatic carbocycles. The van der Waals surface area contributed by atoms with Gasteiger partial charge in [0.05, 0.1) is 17.8 Å². The molecule has 31 heavy (non-hydrogen) atoms. The first-order chi connectivity index (χ1) is 14.9. The monoisotopic (exact) mass is 444 g/mol. The summed E-state index contributed by atoms with van der Waals surface area (Å²) in [6.07, 6.45) is 2.69. The fraction of sp³-hybridized carbons (Fsp3) is 0.478. The molecule has 4 rings (SSSR count). The smallest absolute Gasteiger partial charge is 0.259 e. The first kappa shape index (κ1) is 21.9. The molecule has 1 aliphatic carbocycles. The Morgan fingerprint density at radius 3 is 2.65 bits per heavy atom. The van der Waals surface area contributed by atoms with Gasteiger partial charge < -0.3 is 15.5 Å². The van der Waals surface area contributed by atoms with Gasteiger partial charge in [-0.05, 0) is 49.9 Å². The number of nitrogens with one attached hydrogen (secondary N) is 2. The third-order valence-electron chi connectivity index (χ3n) is 6.08. The molecular formula is C23H29FN4O2S. The first-order valence-corrected chi connectivity index (χ1v) is 11.6. The van der Waals surface area contributed by atoms with E-state index in [1.54, 1.807) is 18.2 Å². The molecule has 2 aliphatic rings. The Bertz CT molecular complexity index is 968. The van der Waals surface area contributed by atoms with Crippen LogP contribution in [0.4, 0.5) is 15.1 Å². The van der Waals surface area contributed by atoms with E-state index in [1.807, 2.05) is 0 Å². The fourth-order valence-corrected chi connectivity index (χ4v) is 5.63. The highest BCUT2D eigenvalue weighted by Crippen LogP contribution is 2.40. The Labute approximate surface area is 186 Å². The molecule has 166 valence electrons. The number of halogens is 1. The Morgan fingerprint density at radius 2 is 1.90 bits per heavy atom. The lowest BCUT2D eigenvalue weighted by Crippen LogP contribution is -2.47. The van der Waals surface area contributed by atoms with E-state index in [1.165, 1.54) is 17.4 Å². The maximum Gasteiger partial charge on any atom is 0.259 e. The van der Waals surface area contributed by atoms with Crippen molar-refractivity contribution in [3.05, 3.63) is 46.1 Å². The van der Waals surface area contributed by atoms with Crippen molar-refractivity contribution in [2.45, 2.75) is 26.2 Å². The van der Waals surface area contributed by atoms with Gasteiger partial charge >= 0.3 is 0 Å². The minimum atomic E-state index is -0.478. The van der Waals surface area contributed by atoms with Crippen molar-refractivity contribution in [3.8, 4) is 0 Å². The summed E-state index contributed by atoms with van der Waals surface area (Å²) in [5, 5.41) is 6.27. The third kappa shape index (κ3) is 5.14. The van der Waals surface area contributed by atoms with Gasteiger partial charge in [-0.3, -0.25) is 14.5 Å². The minimum Gasteiger partial charge on any atom is -0.319 e. The molecule has 0 radical (unpaired) electrons. The molecule has 2 N–H and O–H groups in total. The minimum absolute atomic E-state index is 0.115. The molecule has 2 heterocycles.